The molecule has 0 bridgehead atoms. The smallest absolute Gasteiger partial charge is 0.329 e. The van der Waals surface area contributed by atoms with Crippen molar-refractivity contribution in [2.45, 2.75) is 45.3 Å². The van der Waals surface area contributed by atoms with Gasteiger partial charge in [-0.2, -0.15) is 0 Å². The molecular weight excluding hydrogens is 260 g/mol. The number of rotatable bonds is 6. The molecule has 1 fully saturated rings. The third kappa shape index (κ3) is 3.40. The maximum Gasteiger partial charge on any atom is 0.329 e. The highest BCUT2D eigenvalue weighted by Gasteiger charge is 2.50. The molecule has 1 aliphatic rings. The van der Waals surface area contributed by atoms with E-state index in [2.05, 4.69) is 0 Å². The zero-order valence-electron chi connectivity index (χ0n) is 11.1. The van der Waals surface area contributed by atoms with E-state index in [0.717, 1.165) is 0 Å². The fourth-order valence-electron chi connectivity index (χ4n) is 2.09. The van der Waals surface area contributed by atoms with E-state index in [1.54, 1.807) is 0 Å². The zero-order valence-corrected chi connectivity index (χ0v) is 11.1. The molecule has 1 amide bonds. The van der Waals surface area contributed by atoms with E-state index in [0.29, 0.717) is 13.3 Å². The Morgan fingerprint density at radius 2 is 1.89 bits per heavy atom. The lowest BCUT2D eigenvalue weighted by Crippen LogP contribution is -2.59. The van der Waals surface area contributed by atoms with Gasteiger partial charge in [-0.1, -0.05) is 13.8 Å². The number of carbonyl (C=O) groups is 2. The number of amides is 1. The van der Waals surface area contributed by atoms with Gasteiger partial charge in [-0.25, -0.2) is 13.6 Å². The number of alkyl halides is 2. The summed E-state index contributed by atoms with van der Waals surface area (Å²) in [5.74, 6) is -2.21. The molecule has 0 aromatic rings. The van der Waals surface area contributed by atoms with Gasteiger partial charge in [0.2, 0.25) is 5.91 Å². The first kappa shape index (κ1) is 15.8. The maximum atomic E-state index is 12.6. The SMILES string of the molecule is CC(C)[C@@H]1C[C@H]1C(=O)N[C@@H](C(=O)O)[C@@](C)(O)C(F)F. The number of carboxylic acid groups (broad SMARTS) is 1. The van der Waals surface area contributed by atoms with Crippen molar-refractivity contribution in [1.29, 1.82) is 0 Å². The van der Waals surface area contributed by atoms with E-state index in [9.17, 15) is 23.5 Å². The van der Waals surface area contributed by atoms with Crippen LogP contribution in [0.3, 0.4) is 0 Å². The van der Waals surface area contributed by atoms with E-state index < -0.39 is 29.9 Å². The molecule has 0 unspecified atom stereocenters. The Morgan fingerprint density at radius 3 is 2.21 bits per heavy atom. The Hall–Kier alpha value is -1.24. The van der Waals surface area contributed by atoms with E-state index in [4.69, 9.17) is 5.11 Å². The summed E-state index contributed by atoms with van der Waals surface area (Å²) in [7, 11) is 0. The van der Waals surface area contributed by atoms with Gasteiger partial charge in [-0.3, -0.25) is 4.79 Å². The molecule has 3 N–H and O–H groups in total. The van der Waals surface area contributed by atoms with E-state index in [-0.39, 0.29) is 17.8 Å². The predicted molar refractivity (Wildman–Crippen MR) is 62.6 cm³/mol. The van der Waals surface area contributed by atoms with Crippen LogP contribution in [0.25, 0.3) is 0 Å². The molecule has 110 valence electrons. The highest BCUT2D eigenvalue weighted by Crippen LogP contribution is 2.44. The number of nitrogens with one attached hydrogen (secondary N) is 1. The van der Waals surface area contributed by atoms with Gasteiger partial charge in [-0.05, 0) is 25.2 Å². The van der Waals surface area contributed by atoms with Gasteiger partial charge in [0, 0.05) is 5.92 Å². The fraction of sp³-hybridized carbons (Fsp3) is 0.833. The van der Waals surface area contributed by atoms with Gasteiger partial charge in [0.05, 0.1) is 0 Å². The van der Waals surface area contributed by atoms with Gasteiger partial charge in [-0.15, -0.1) is 0 Å². The molecule has 7 heteroatoms. The molecule has 0 heterocycles. The van der Waals surface area contributed by atoms with Crippen LogP contribution in [0, 0.1) is 17.8 Å². The normalized spacial score (nSPS) is 26.9. The average Bonchev–Trinajstić information content (AvgIpc) is 3.04. The van der Waals surface area contributed by atoms with E-state index in [1.165, 1.54) is 0 Å². The van der Waals surface area contributed by atoms with Crippen molar-refractivity contribution >= 4 is 11.9 Å². The van der Waals surface area contributed by atoms with Gasteiger partial charge in [0.15, 0.2) is 11.6 Å². The fourth-order valence-corrected chi connectivity index (χ4v) is 2.09. The molecule has 0 saturated heterocycles. The van der Waals surface area contributed by atoms with Crippen LogP contribution in [0.2, 0.25) is 0 Å². The first-order valence-corrected chi connectivity index (χ1v) is 6.12. The summed E-state index contributed by atoms with van der Waals surface area (Å²) in [5.41, 5.74) is -2.80. The van der Waals surface area contributed by atoms with Gasteiger partial charge >= 0.3 is 5.97 Å². The van der Waals surface area contributed by atoms with Gasteiger partial charge in [0.1, 0.15) is 0 Å². The Labute approximate surface area is 110 Å². The molecule has 0 radical (unpaired) electrons. The van der Waals surface area contributed by atoms with Crippen LogP contribution in [0.1, 0.15) is 27.2 Å². The van der Waals surface area contributed by atoms with Crippen molar-refractivity contribution in [3.63, 3.8) is 0 Å². The third-order valence-electron chi connectivity index (χ3n) is 3.59. The molecule has 5 nitrogen and oxygen atoms in total. The Bertz CT molecular complexity index is 371. The van der Waals surface area contributed by atoms with Crippen LogP contribution in [0.5, 0.6) is 0 Å². The zero-order chi connectivity index (χ0) is 15.0. The van der Waals surface area contributed by atoms with Crippen LogP contribution < -0.4 is 5.32 Å². The third-order valence-corrected chi connectivity index (χ3v) is 3.59. The van der Waals surface area contributed by atoms with Crippen LogP contribution in [-0.2, 0) is 9.59 Å². The van der Waals surface area contributed by atoms with Crippen molar-refractivity contribution in [3.8, 4) is 0 Å². The lowest BCUT2D eigenvalue weighted by Gasteiger charge is -2.29. The molecule has 0 spiro atoms. The lowest BCUT2D eigenvalue weighted by atomic mass is 9.96. The largest absolute Gasteiger partial charge is 0.480 e. The van der Waals surface area contributed by atoms with E-state index >= 15 is 0 Å². The van der Waals surface area contributed by atoms with Crippen molar-refractivity contribution < 1.29 is 28.6 Å². The summed E-state index contributed by atoms with van der Waals surface area (Å²) in [5, 5.41) is 20.4. The standard InChI is InChI=1S/C12H19F2NO4/c1-5(2)6-4-7(6)9(16)15-8(10(17)18)12(3,19)11(13)14/h5-8,11,19H,4H2,1-3H3,(H,15,16)(H,17,18)/t6-,7+,8-,12+/m0/s1. The quantitative estimate of drug-likeness (QED) is 0.673. The second kappa shape index (κ2) is 5.40. The molecule has 1 rings (SSSR count). The van der Waals surface area contributed by atoms with Crippen LogP contribution in [-0.4, -0.2) is 40.2 Å². The minimum Gasteiger partial charge on any atom is -0.480 e. The number of hydrogen-bond acceptors (Lipinski definition) is 3. The Morgan fingerprint density at radius 1 is 1.37 bits per heavy atom. The summed E-state index contributed by atoms with van der Waals surface area (Å²) >= 11 is 0. The van der Waals surface area contributed by atoms with Crippen LogP contribution in [0.15, 0.2) is 0 Å². The summed E-state index contributed by atoms with van der Waals surface area (Å²) < 4.78 is 25.3. The highest BCUT2D eigenvalue weighted by atomic mass is 19.3. The monoisotopic (exact) mass is 279 g/mol. The first-order chi connectivity index (χ1) is 8.59. The van der Waals surface area contributed by atoms with Crippen LogP contribution >= 0.6 is 0 Å². The summed E-state index contributed by atoms with van der Waals surface area (Å²) in [6, 6.07) is -2.02. The molecule has 19 heavy (non-hydrogen) atoms. The number of carbonyl (C=O) groups excluding carboxylic acids is 1. The molecule has 0 aromatic heterocycles. The predicted octanol–water partition coefficient (Wildman–Crippen LogP) is 0.864. The average molecular weight is 279 g/mol. The molecule has 4 atom stereocenters. The number of halogens is 2. The topological polar surface area (TPSA) is 86.6 Å². The van der Waals surface area contributed by atoms with Gasteiger partial charge in [0.25, 0.3) is 6.43 Å². The van der Waals surface area contributed by atoms with Crippen molar-refractivity contribution in [3.05, 3.63) is 0 Å². The molecule has 1 aliphatic carbocycles. The van der Waals surface area contributed by atoms with E-state index in [1.807, 2.05) is 19.2 Å². The Balaban J connectivity index is 2.71. The lowest BCUT2D eigenvalue weighted by molar-refractivity contribution is -0.161. The van der Waals surface area contributed by atoms with Crippen molar-refractivity contribution in [2.75, 3.05) is 0 Å². The molecular formula is C12H19F2NO4. The second-order valence-electron chi connectivity index (χ2n) is 5.56. The summed E-state index contributed by atoms with van der Waals surface area (Å²) in [4.78, 5) is 22.7. The van der Waals surface area contributed by atoms with Gasteiger partial charge < -0.3 is 15.5 Å². The summed E-state index contributed by atoms with van der Waals surface area (Å²) in [6.45, 7) is 4.56. The molecule has 0 aromatic carbocycles. The number of hydrogen-bond donors (Lipinski definition) is 3. The maximum absolute atomic E-state index is 12.6. The number of aliphatic hydroxyl groups is 1. The highest BCUT2D eigenvalue weighted by molar-refractivity contribution is 5.87. The van der Waals surface area contributed by atoms with Crippen molar-refractivity contribution in [2.24, 2.45) is 17.8 Å². The van der Waals surface area contributed by atoms with Crippen LogP contribution in [0.4, 0.5) is 8.78 Å². The minimum atomic E-state index is -3.27. The second-order valence-corrected chi connectivity index (χ2v) is 5.56. The van der Waals surface area contributed by atoms with Crippen molar-refractivity contribution in [1.82, 2.24) is 5.32 Å². The molecule has 1 saturated carbocycles. The Kier molecular flexibility index (Phi) is 4.50. The minimum absolute atomic E-state index is 0.144. The summed E-state index contributed by atoms with van der Waals surface area (Å²) in [6.07, 6.45) is -2.65. The number of aliphatic carboxylic acids is 1. The first-order valence-electron chi connectivity index (χ1n) is 6.12. The number of carboxylic acids is 1. The molecule has 0 aliphatic heterocycles.